The fourth-order valence-corrected chi connectivity index (χ4v) is 2.02. The second-order valence-electron chi connectivity index (χ2n) is 3.99. The van der Waals surface area contributed by atoms with Crippen LogP contribution in [0, 0.1) is 5.82 Å². The summed E-state index contributed by atoms with van der Waals surface area (Å²) in [4.78, 5) is 23.3. The highest BCUT2D eigenvalue weighted by molar-refractivity contribution is 9.10. The molecule has 0 aromatic heterocycles. The van der Waals surface area contributed by atoms with Gasteiger partial charge in [0.25, 0.3) is 11.8 Å². The van der Waals surface area contributed by atoms with E-state index in [9.17, 15) is 14.0 Å². The Hall–Kier alpha value is -2.21. The van der Waals surface area contributed by atoms with Crippen molar-refractivity contribution in [2.45, 2.75) is 0 Å². The van der Waals surface area contributed by atoms with E-state index < -0.39 is 17.6 Å². The number of carbonyl (C=O) groups excluding carboxylic acids is 2. The molecule has 3 N–H and O–H groups in total. The van der Waals surface area contributed by atoms with Gasteiger partial charge in [-0.15, -0.1) is 0 Å². The number of hydrogen-bond donors (Lipinski definition) is 2. The monoisotopic (exact) mass is 336 g/mol. The Morgan fingerprint density at radius 1 is 1.15 bits per heavy atom. The molecule has 0 heterocycles. The van der Waals surface area contributed by atoms with Crippen LogP contribution in [-0.4, -0.2) is 11.8 Å². The standard InChI is InChI=1S/C14H10BrFN2O2/c15-10-7-8(5-6-11(10)16)14(20)18-12-4-2-1-3-9(12)13(17)19/h1-7H,(H2,17,19)(H,18,20). The van der Waals surface area contributed by atoms with Crippen molar-refractivity contribution < 1.29 is 14.0 Å². The first-order valence-corrected chi connectivity index (χ1v) is 6.43. The van der Waals surface area contributed by atoms with E-state index >= 15 is 0 Å². The van der Waals surface area contributed by atoms with Crippen molar-refractivity contribution in [3.05, 3.63) is 63.9 Å². The average molecular weight is 337 g/mol. The van der Waals surface area contributed by atoms with Crippen LogP contribution < -0.4 is 11.1 Å². The van der Waals surface area contributed by atoms with Crippen LogP contribution in [0.4, 0.5) is 10.1 Å². The summed E-state index contributed by atoms with van der Waals surface area (Å²) in [6.45, 7) is 0. The summed E-state index contributed by atoms with van der Waals surface area (Å²) in [6, 6.07) is 10.3. The molecule has 0 radical (unpaired) electrons. The molecule has 0 bridgehead atoms. The van der Waals surface area contributed by atoms with E-state index in [2.05, 4.69) is 21.2 Å². The van der Waals surface area contributed by atoms with E-state index in [0.29, 0.717) is 5.69 Å². The second kappa shape index (κ2) is 5.83. The number of anilines is 1. The van der Waals surface area contributed by atoms with Gasteiger partial charge in [0.15, 0.2) is 0 Å². The lowest BCUT2D eigenvalue weighted by atomic mass is 10.1. The lowest BCUT2D eigenvalue weighted by molar-refractivity contribution is 0.100. The smallest absolute Gasteiger partial charge is 0.255 e. The number of carbonyl (C=O) groups is 2. The Balaban J connectivity index is 2.28. The summed E-state index contributed by atoms with van der Waals surface area (Å²) < 4.78 is 13.3. The third-order valence-electron chi connectivity index (χ3n) is 2.62. The zero-order chi connectivity index (χ0) is 14.7. The van der Waals surface area contributed by atoms with Crippen LogP contribution in [0.1, 0.15) is 20.7 Å². The molecule has 0 aliphatic heterocycles. The van der Waals surface area contributed by atoms with Gasteiger partial charge in [-0.3, -0.25) is 9.59 Å². The minimum absolute atomic E-state index is 0.188. The van der Waals surface area contributed by atoms with E-state index in [0.717, 1.165) is 0 Å². The Labute approximate surface area is 122 Å². The number of halogens is 2. The maximum Gasteiger partial charge on any atom is 0.255 e. The number of para-hydroxylation sites is 1. The van der Waals surface area contributed by atoms with Gasteiger partial charge in [0.05, 0.1) is 15.7 Å². The predicted octanol–water partition coefficient (Wildman–Crippen LogP) is 2.94. The van der Waals surface area contributed by atoms with Gasteiger partial charge in [0.2, 0.25) is 0 Å². The normalized spacial score (nSPS) is 10.1. The number of benzene rings is 2. The van der Waals surface area contributed by atoms with Crippen LogP contribution in [0.2, 0.25) is 0 Å². The summed E-state index contributed by atoms with van der Waals surface area (Å²) in [7, 11) is 0. The lowest BCUT2D eigenvalue weighted by Crippen LogP contribution is -2.18. The molecule has 0 spiro atoms. The number of nitrogens with one attached hydrogen (secondary N) is 1. The summed E-state index contributed by atoms with van der Waals surface area (Å²) in [5.41, 5.74) is 6.01. The molecule has 0 saturated heterocycles. The van der Waals surface area contributed by atoms with Gasteiger partial charge in [-0.2, -0.15) is 0 Å². The Bertz CT molecular complexity index is 689. The predicted molar refractivity (Wildman–Crippen MR) is 77.0 cm³/mol. The molecule has 20 heavy (non-hydrogen) atoms. The SMILES string of the molecule is NC(=O)c1ccccc1NC(=O)c1ccc(F)c(Br)c1. The first kappa shape index (κ1) is 14.2. The van der Waals surface area contributed by atoms with Gasteiger partial charge >= 0.3 is 0 Å². The van der Waals surface area contributed by atoms with E-state index in [1.165, 1.54) is 24.3 Å². The zero-order valence-corrected chi connectivity index (χ0v) is 11.8. The largest absolute Gasteiger partial charge is 0.366 e. The molecule has 0 unspecified atom stereocenters. The van der Waals surface area contributed by atoms with Crippen molar-refractivity contribution in [1.82, 2.24) is 0 Å². The van der Waals surface area contributed by atoms with E-state index in [-0.39, 0.29) is 15.6 Å². The molecule has 0 saturated carbocycles. The molecule has 0 fully saturated rings. The molecule has 0 aliphatic rings. The van der Waals surface area contributed by atoms with Crippen molar-refractivity contribution in [2.24, 2.45) is 5.73 Å². The molecule has 2 rings (SSSR count). The second-order valence-corrected chi connectivity index (χ2v) is 4.85. The van der Waals surface area contributed by atoms with Gasteiger partial charge in [0.1, 0.15) is 5.82 Å². The Morgan fingerprint density at radius 2 is 1.85 bits per heavy atom. The van der Waals surface area contributed by atoms with Crippen LogP contribution in [0.25, 0.3) is 0 Å². The molecule has 102 valence electrons. The third-order valence-corrected chi connectivity index (χ3v) is 3.23. The summed E-state index contributed by atoms with van der Waals surface area (Å²) >= 11 is 3.01. The first-order valence-electron chi connectivity index (χ1n) is 5.64. The Morgan fingerprint density at radius 3 is 2.50 bits per heavy atom. The van der Waals surface area contributed by atoms with Crippen LogP contribution >= 0.6 is 15.9 Å². The van der Waals surface area contributed by atoms with Crippen molar-refractivity contribution in [2.75, 3.05) is 5.32 Å². The fraction of sp³-hybridized carbons (Fsp3) is 0. The maximum atomic E-state index is 13.1. The van der Waals surface area contributed by atoms with Crippen molar-refractivity contribution >= 4 is 33.4 Å². The van der Waals surface area contributed by atoms with Crippen LogP contribution in [-0.2, 0) is 0 Å². The van der Waals surface area contributed by atoms with Gasteiger partial charge in [-0.05, 0) is 46.3 Å². The molecule has 2 amide bonds. The fourth-order valence-electron chi connectivity index (χ4n) is 1.64. The van der Waals surface area contributed by atoms with Crippen LogP contribution in [0.15, 0.2) is 46.9 Å². The molecular weight excluding hydrogens is 327 g/mol. The average Bonchev–Trinajstić information content (AvgIpc) is 2.42. The Kier molecular flexibility index (Phi) is 4.14. The molecule has 2 aromatic rings. The minimum atomic E-state index is -0.638. The molecule has 2 aromatic carbocycles. The molecule has 6 heteroatoms. The highest BCUT2D eigenvalue weighted by atomic mass is 79.9. The van der Waals surface area contributed by atoms with Crippen molar-refractivity contribution in [3.8, 4) is 0 Å². The zero-order valence-electron chi connectivity index (χ0n) is 10.2. The van der Waals surface area contributed by atoms with Crippen LogP contribution in [0.5, 0.6) is 0 Å². The topological polar surface area (TPSA) is 72.2 Å². The molecule has 0 aliphatic carbocycles. The molecular formula is C14H10BrFN2O2. The van der Waals surface area contributed by atoms with E-state index in [1.54, 1.807) is 18.2 Å². The summed E-state index contributed by atoms with van der Waals surface area (Å²) in [6.07, 6.45) is 0. The number of nitrogens with two attached hydrogens (primary N) is 1. The number of primary amides is 1. The van der Waals surface area contributed by atoms with Crippen LogP contribution in [0.3, 0.4) is 0 Å². The van der Waals surface area contributed by atoms with E-state index in [1.807, 2.05) is 0 Å². The van der Waals surface area contributed by atoms with Gasteiger partial charge in [-0.25, -0.2) is 4.39 Å². The summed E-state index contributed by atoms with van der Waals surface area (Å²) in [5, 5.41) is 2.57. The number of amides is 2. The van der Waals surface area contributed by atoms with Crippen molar-refractivity contribution in [1.29, 1.82) is 0 Å². The number of rotatable bonds is 3. The highest BCUT2D eigenvalue weighted by Crippen LogP contribution is 2.19. The maximum absolute atomic E-state index is 13.1. The minimum Gasteiger partial charge on any atom is -0.366 e. The first-order chi connectivity index (χ1) is 9.49. The highest BCUT2D eigenvalue weighted by Gasteiger charge is 2.12. The molecule has 0 atom stereocenters. The van der Waals surface area contributed by atoms with Crippen molar-refractivity contribution in [3.63, 3.8) is 0 Å². The lowest BCUT2D eigenvalue weighted by Gasteiger charge is -2.09. The van der Waals surface area contributed by atoms with E-state index in [4.69, 9.17) is 5.73 Å². The van der Waals surface area contributed by atoms with Gasteiger partial charge in [-0.1, -0.05) is 12.1 Å². The van der Waals surface area contributed by atoms with Gasteiger partial charge < -0.3 is 11.1 Å². The molecule has 4 nitrogen and oxygen atoms in total. The summed E-state index contributed by atoms with van der Waals surface area (Å²) in [5.74, 6) is -1.56. The quantitative estimate of drug-likeness (QED) is 0.904. The number of hydrogen-bond acceptors (Lipinski definition) is 2. The third kappa shape index (κ3) is 3.03. The van der Waals surface area contributed by atoms with Gasteiger partial charge in [0, 0.05) is 5.56 Å².